The number of likely N-dealkylation sites (N-methyl/N-ethyl adjacent to an activating group) is 1. The van der Waals surface area contributed by atoms with Crippen LogP contribution in [0.2, 0.25) is 5.02 Å². The van der Waals surface area contributed by atoms with E-state index in [2.05, 4.69) is 57.0 Å². The van der Waals surface area contributed by atoms with Gasteiger partial charge in [-0.25, -0.2) is 4.98 Å². The van der Waals surface area contributed by atoms with Crippen molar-refractivity contribution < 1.29 is 4.79 Å². The number of rotatable bonds is 4. The molecule has 38 heavy (non-hydrogen) atoms. The molecule has 4 heterocycles. The molecule has 1 aromatic heterocycles. The van der Waals surface area contributed by atoms with Crippen molar-refractivity contribution >= 4 is 35.0 Å². The summed E-state index contributed by atoms with van der Waals surface area (Å²) in [7, 11) is 2.16. The predicted octanol–water partition coefficient (Wildman–Crippen LogP) is 3.41. The van der Waals surface area contributed by atoms with Crippen molar-refractivity contribution in [3.05, 3.63) is 76.4 Å². The number of halogens is 1. The molecule has 2 fully saturated rings. The third-order valence-corrected chi connectivity index (χ3v) is 8.14. The van der Waals surface area contributed by atoms with Crippen LogP contribution in [-0.2, 0) is 13.0 Å². The van der Waals surface area contributed by atoms with Gasteiger partial charge < -0.3 is 24.5 Å². The zero-order chi connectivity index (χ0) is 26.1. The van der Waals surface area contributed by atoms with Crippen LogP contribution in [0.4, 0.5) is 17.5 Å². The SMILES string of the molecule is CN1CCN(c2nc(N3CCN(c4ccccc4)CC3)nc3c2CN(C(=O)c2ccc(Cl)cc2)CC3)CC1. The lowest BCUT2D eigenvalue weighted by atomic mass is 10.0. The van der Waals surface area contributed by atoms with Crippen molar-refractivity contribution in [2.45, 2.75) is 13.0 Å². The summed E-state index contributed by atoms with van der Waals surface area (Å²) in [4.78, 5) is 35.0. The molecule has 0 aliphatic carbocycles. The second-order valence-electron chi connectivity index (χ2n) is 10.4. The molecule has 0 N–H and O–H groups in total. The summed E-state index contributed by atoms with van der Waals surface area (Å²) in [6.07, 6.45) is 0.731. The monoisotopic (exact) mass is 531 g/mol. The largest absolute Gasteiger partial charge is 0.368 e. The minimum atomic E-state index is 0.0257. The van der Waals surface area contributed by atoms with Gasteiger partial charge >= 0.3 is 0 Å². The lowest BCUT2D eigenvalue weighted by Crippen LogP contribution is -2.48. The Morgan fingerprint density at radius 1 is 0.763 bits per heavy atom. The van der Waals surface area contributed by atoms with Crippen LogP contribution in [0.5, 0.6) is 0 Å². The maximum atomic E-state index is 13.3. The molecule has 9 heteroatoms. The Balaban J connectivity index is 1.26. The van der Waals surface area contributed by atoms with Crippen molar-refractivity contribution in [3.8, 4) is 0 Å². The summed E-state index contributed by atoms with van der Waals surface area (Å²) in [6, 6.07) is 17.7. The van der Waals surface area contributed by atoms with E-state index in [9.17, 15) is 4.79 Å². The second-order valence-corrected chi connectivity index (χ2v) is 10.8. The molecular weight excluding hydrogens is 498 g/mol. The van der Waals surface area contributed by atoms with Crippen molar-refractivity contribution in [2.75, 3.05) is 80.7 Å². The molecule has 0 atom stereocenters. The third kappa shape index (κ3) is 5.15. The number of nitrogens with zero attached hydrogens (tertiary/aromatic N) is 7. The zero-order valence-corrected chi connectivity index (χ0v) is 22.6. The van der Waals surface area contributed by atoms with Crippen LogP contribution in [0, 0.1) is 0 Å². The lowest BCUT2D eigenvalue weighted by Gasteiger charge is -2.39. The highest BCUT2D eigenvalue weighted by Gasteiger charge is 2.31. The van der Waals surface area contributed by atoms with Crippen LogP contribution in [0.1, 0.15) is 21.6 Å². The number of benzene rings is 2. The molecule has 0 unspecified atom stereocenters. The van der Waals surface area contributed by atoms with Gasteiger partial charge in [0.2, 0.25) is 5.95 Å². The summed E-state index contributed by atoms with van der Waals surface area (Å²) in [6.45, 7) is 8.67. The normalized spacial score (nSPS) is 18.5. The minimum absolute atomic E-state index is 0.0257. The number of para-hydroxylation sites is 1. The van der Waals surface area contributed by atoms with E-state index in [1.54, 1.807) is 24.3 Å². The van der Waals surface area contributed by atoms with E-state index in [0.717, 1.165) is 81.8 Å². The highest BCUT2D eigenvalue weighted by Crippen LogP contribution is 2.31. The smallest absolute Gasteiger partial charge is 0.254 e. The van der Waals surface area contributed by atoms with Gasteiger partial charge in [-0.05, 0) is 43.4 Å². The summed E-state index contributed by atoms with van der Waals surface area (Å²) in [5.74, 6) is 1.85. The fourth-order valence-corrected chi connectivity index (χ4v) is 5.68. The number of carbonyl (C=O) groups excluding carboxylic acids is 1. The van der Waals surface area contributed by atoms with E-state index < -0.39 is 0 Å². The van der Waals surface area contributed by atoms with E-state index in [4.69, 9.17) is 21.6 Å². The van der Waals surface area contributed by atoms with Gasteiger partial charge in [0.25, 0.3) is 5.91 Å². The average Bonchev–Trinajstić information content (AvgIpc) is 2.97. The standard InChI is InChI=1S/C29H34ClN7O/c1-33-13-15-35(16-14-33)27-25-21-37(28(38)22-7-9-23(30)10-8-22)12-11-26(25)31-29(32-27)36-19-17-34(18-20-36)24-5-3-2-4-6-24/h2-10H,11-21H2,1H3. The second kappa shape index (κ2) is 10.8. The van der Waals surface area contributed by atoms with Crippen molar-refractivity contribution in [1.82, 2.24) is 19.8 Å². The van der Waals surface area contributed by atoms with Crippen LogP contribution >= 0.6 is 11.6 Å². The summed E-state index contributed by atoms with van der Waals surface area (Å²) >= 11 is 6.05. The molecular formula is C29H34ClN7O. The summed E-state index contributed by atoms with van der Waals surface area (Å²) in [5, 5.41) is 0.633. The molecule has 3 aromatic rings. The van der Waals surface area contributed by atoms with Crippen LogP contribution in [-0.4, -0.2) is 91.6 Å². The van der Waals surface area contributed by atoms with Crippen molar-refractivity contribution in [1.29, 1.82) is 0 Å². The Morgan fingerprint density at radius 2 is 1.42 bits per heavy atom. The molecule has 0 spiro atoms. The molecule has 6 rings (SSSR count). The van der Waals surface area contributed by atoms with Crippen LogP contribution in [0.3, 0.4) is 0 Å². The van der Waals surface area contributed by atoms with E-state index in [1.165, 1.54) is 5.69 Å². The first-order valence-electron chi connectivity index (χ1n) is 13.5. The number of aromatic nitrogens is 2. The third-order valence-electron chi connectivity index (χ3n) is 7.89. The minimum Gasteiger partial charge on any atom is -0.368 e. The predicted molar refractivity (Wildman–Crippen MR) is 153 cm³/mol. The highest BCUT2D eigenvalue weighted by molar-refractivity contribution is 6.30. The number of amides is 1. The van der Waals surface area contributed by atoms with Gasteiger partial charge in [-0.3, -0.25) is 4.79 Å². The first kappa shape index (κ1) is 24.9. The van der Waals surface area contributed by atoms with Crippen molar-refractivity contribution in [2.24, 2.45) is 0 Å². The molecule has 2 saturated heterocycles. The van der Waals surface area contributed by atoms with Crippen LogP contribution < -0.4 is 14.7 Å². The van der Waals surface area contributed by atoms with Gasteiger partial charge in [0, 0.05) is 87.2 Å². The van der Waals surface area contributed by atoms with Crippen LogP contribution in [0.15, 0.2) is 54.6 Å². The number of hydrogen-bond donors (Lipinski definition) is 0. The van der Waals surface area contributed by atoms with Crippen molar-refractivity contribution in [3.63, 3.8) is 0 Å². The summed E-state index contributed by atoms with van der Waals surface area (Å²) in [5.41, 5.74) is 4.10. The molecule has 0 bridgehead atoms. The number of fused-ring (bicyclic) bond motifs is 1. The zero-order valence-electron chi connectivity index (χ0n) is 21.9. The van der Waals surface area contributed by atoms with Gasteiger partial charge in [-0.1, -0.05) is 29.8 Å². The number of piperazine rings is 2. The van der Waals surface area contributed by atoms with Gasteiger partial charge in [-0.15, -0.1) is 0 Å². The van der Waals surface area contributed by atoms with Gasteiger partial charge in [0.1, 0.15) is 5.82 Å². The molecule has 8 nitrogen and oxygen atoms in total. The van der Waals surface area contributed by atoms with Gasteiger partial charge in [0.05, 0.1) is 12.2 Å². The van der Waals surface area contributed by atoms with E-state index in [-0.39, 0.29) is 5.91 Å². The Kier molecular flexibility index (Phi) is 7.08. The van der Waals surface area contributed by atoms with E-state index in [0.29, 0.717) is 23.7 Å². The summed E-state index contributed by atoms with van der Waals surface area (Å²) < 4.78 is 0. The fraction of sp³-hybridized carbons (Fsp3) is 0.414. The highest BCUT2D eigenvalue weighted by atomic mass is 35.5. The maximum absolute atomic E-state index is 13.3. The molecule has 0 saturated carbocycles. The molecule has 1 amide bonds. The Morgan fingerprint density at radius 3 is 2.13 bits per heavy atom. The van der Waals surface area contributed by atoms with Gasteiger partial charge in [-0.2, -0.15) is 4.98 Å². The Labute approximate surface area is 229 Å². The first-order valence-corrected chi connectivity index (χ1v) is 13.9. The maximum Gasteiger partial charge on any atom is 0.254 e. The quantitative estimate of drug-likeness (QED) is 0.511. The van der Waals surface area contributed by atoms with Gasteiger partial charge in [0.15, 0.2) is 0 Å². The molecule has 0 radical (unpaired) electrons. The first-order chi connectivity index (χ1) is 18.5. The molecule has 2 aromatic carbocycles. The molecule has 198 valence electrons. The number of carbonyl (C=O) groups is 1. The molecule has 3 aliphatic heterocycles. The lowest BCUT2D eigenvalue weighted by molar-refractivity contribution is 0.0733. The van der Waals surface area contributed by atoms with E-state index in [1.807, 2.05) is 4.90 Å². The average molecular weight is 532 g/mol. The Hall–Kier alpha value is -3.36. The number of hydrogen-bond acceptors (Lipinski definition) is 7. The molecule has 3 aliphatic rings. The van der Waals surface area contributed by atoms with E-state index >= 15 is 0 Å². The number of anilines is 3. The van der Waals surface area contributed by atoms with Crippen LogP contribution in [0.25, 0.3) is 0 Å². The Bertz CT molecular complexity index is 1270. The fourth-order valence-electron chi connectivity index (χ4n) is 5.56. The topological polar surface area (TPSA) is 59.1 Å².